The van der Waals surface area contributed by atoms with Crippen LogP contribution in [0.5, 0.6) is 11.5 Å². The lowest BCUT2D eigenvalue weighted by molar-refractivity contribution is -0.147. The van der Waals surface area contributed by atoms with Gasteiger partial charge in [-0.25, -0.2) is 9.59 Å². The summed E-state index contributed by atoms with van der Waals surface area (Å²) in [5, 5.41) is 3.00. The van der Waals surface area contributed by atoms with Crippen molar-refractivity contribution < 1.29 is 47.6 Å². The van der Waals surface area contributed by atoms with Crippen molar-refractivity contribution in [3.63, 3.8) is 0 Å². The highest BCUT2D eigenvalue weighted by molar-refractivity contribution is 5.76. The summed E-state index contributed by atoms with van der Waals surface area (Å²) in [5.74, 6) is -1.30. The van der Waals surface area contributed by atoms with Crippen LogP contribution >= 0.6 is 0 Å². The van der Waals surface area contributed by atoms with Crippen LogP contribution in [0.15, 0.2) is 18.2 Å². The zero-order valence-electron chi connectivity index (χ0n) is 24.5. The molecule has 0 aliphatic carbocycles. The molecule has 0 aliphatic heterocycles. The van der Waals surface area contributed by atoms with Crippen molar-refractivity contribution in [2.24, 2.45) is 5.92 Å². The van der Waals surface area contributed by atoms with E-state index in [1.54, 1.807) is 47.6 Å². The molecule has 0 fully saturated rings. The van der Waals surface area contributed by atoms with Gasteiger partial charge >= 0.3 is 24.2 Å². The molecule has 11 heteroatoms. The normalized spacial score (nSPS) is 12.4. The second-order valence-electron chi connectivity index (χ2n) is 10.5. The third kappa shape index (κ3) is 12.4. The van der Waals surface area contributed by atoms with Crippen LogP contribution in [0, 0.1) is 5.92 Å². The second kappa shape index (κ2) is 15.3. The molecule has 0 amide bonds. The van der Waals surface area contributed by atoms with Crippen LogP contribution in [0.25, 0.3) is 0 Å². The number of carbonyl (C=O) groups is 4. The van der Waals surface area contributed by atoms with E-state index < -0.39 is 35.5 Å². The number of carbonyl (C=O) groups excluding carboxylic acids is 4. The summed E-state index contributed by atoms with van der Waals surface area (Å²) >= 11 is 0. The van der Waals surface area contributed by atoms with Gasteiger partial charge in [0.05, 0.1) is 13.0 Å². The van der Waals surface area contributed by atoms with Gasteiger partial charge in [0, 0.05) is 6.54 Å². The molecule has 0 saturated heterocycles. The summed E-state index contributed by atoms with van der Waals surface area (Å²) in [6, 6.07) is 3.71. The van der Waals surface area contributed by atoms with E-state index >= 15 is 0 Å². The monoisotopic (exact) mass is 553 g/mol. The minimum absolute atomic E-state index is 0.0647. The predicted octanol–water partition coefficient (Wildman–Crippen LogP) is 4.97. The second-order valence-corrected chi connectivity index (χ2v) is 10.5. The topological polar surface area (TPSA) is 136 Å². The molecule has 1 aromatic carbocycles. The van der Waals surface area contributed by atoms with Crippen LogP contribution < -0.4 is 14.8 Å². The smallest absolute Gasteiger partial charge is 0.468 e. The number of esters is 2. The van der Waals surface area contributed by atoms with Gasteiger partial charge in [-0.3, -0.25) is 9.59 Å². The lowest BCUT2D eigenvalue weighted by atomic mass is 10.1. The van der Waals surface area contributed by atoms with Crippen LogP contribution in [-0.4, -0.2) is 61.8 Å². The van der Waals surface area contributed by atoms with Crippen LogP contribution in [-0.2, 0) is 35.0 Å². The SMILES string of the molecule is CCC(C)(C)OC(=O)Oc1ccc(C[C@H](NCCOC(=O)C(C)C)C(=O)OC)cc1OC(=O)OC(C)(C)CC. The summed E-state index contributed by atoms with van der Waals surface area (Å²) in [4.78, 5) is 49.0. The zero-order chi connectivity index (χ0) is 29.8. The Morgan fingerprint density at radius 2 is 1.38 bits per heavy atom. The minimum Gasteiger partial charge on any atom is -0.468 e. The Hall–Kier alpha value is -3.34. The standard InChI is InChI=1S/C28H43NO10/c1-10-27(5,6)38-25(32)36-21-13-12-19(17-22(21)37-26(33)39-28(7,8)11-2)16-20(24(31)34-9)29-14-15-35-23(30)18(3)4/h12-13,17-18,20,29H,10-11,14-16H2,1-9H3/t20-/m0/s1. The molecular formula is C28H43NO10. The maximum absolute atomic E-state index is 12.5. The summed E-state index contributed by atoms with van der Waals surface area (Å²) in [6.45, 7) is 14.4. The number of nitrogens with one attached hydrogen (secondary N) is 1. The highest BCUT2D eigenvalue weighted by atomic mass is 16.8. The first-order valence-electron chi connectivity index (χ1n) is 13.1. The molecule has 1 rings (SSSR count). The minimum atomic E-state index is -0.985. The van der Waals surface area contributed by atoms with Gasteiger partial charge in [0.2, 0.25) is 0 Å². The molecule has 0 radical (unpaired) electrons. The van der Waals surface area contributed by atoms with E-state index in [4.69, 9.17) is 28.4 Å². The van der Waals surface area contributed by atoms with E-state index in [0.717, 1.165) is 0 Å². The molecule has 1 N–H and O–H groups in total. The van der Waals surface area contributed by atoms with Crippen molar-refractivity contribution in [1.82, 2.24) is 5.32 Å². The average molecular weight is 554 g/mol. The van der Waals surface area contributed by atoms with Crippen molar-refractivity contribution >= 4 is 24.2 Å². The maximum atomic E-state index is 12.5. The molecular weight excluding hydrogens is 510 g/mol. The Morgan fingerprint density at radius 3 is 1.87 bits per heavy atom. The molecule has 0 aliphatic rings. The first kappa shape index (κ1) is 33.7. The van der Waals surface area contributed by atoms with Crippen molar-refractivity contribution in [2.45, 2.75) is 91.9 Å². The predicted molar refractivity (Wildman–Crippen MR) is 143 cm³/mol. The van der Waals surface area contributed by atoms with E-state index in [9.17, 15) is 19.2 Å². The van der Waals surface area contributed by atoms with E-state index in [1.807, 2.05) is 13.8 Å². The molecule has 0 aromatic heterocycles. The molecule has 0 spiro atoms. The highest BCUT2D eigenvalue weighted by Crippen LogP contribution is 2.31. The van der Waals surface area contributed by atoms with Gasteiger partial charge < -0.3 is 33.7 Å². The number of rotatable bonds is 14. The van der Waals surface area contributed by atoms with Gasteiger partial charge in [0.1, 0.15) is 23.9 Å². The summed E-state index contributed by atoms with van der Waals surface area (Å²) < 4.78 is 31.5. The van der Waals surface area contributed by atoms with Gasteiger partial charge in [-0.05, 0) is 64.7 Å². The number of methoxy groups -OCH3 is 1. The van der Waals surface area contributed by atoms with Gasteiger partial charge in [-0.1, -0.05) is 33.8 Å². The number of ether oxygens (including phenoxy) is 6. The van der Waals surface area contributed by atoms with Crippen molar-refractivity contribution in [2.75, 3.05) is 20.3 Å². The molecule has 0 unspecified atom stereocenters. The lowest BCUT2D eigenvalue weighted by Gasteiger charge is -2.24. The molecule has 0 bridgehead atoms. The Labute approximate surface area is 230 Å². The van der Waals surface area contributed by atoms with Gasteiger partial charge in [-0.2, -0.15) is 0 Å². The largest absolute Gasteiger partial charge is 0.514 e. The third-order valence-corrected chi connectivity index (χ3v) is 5.95. The molecule has 220 valence electrons. The summed E-state index contributed by atoms with van der Waals surface area (Å²) in [6.07, 6.45) is -0.721. The van der Waals surface area contributed by atoms with E-state index in [2.05, 4.69) is 5.32 Å². The van der Waals surface area contributed by atoms with Crippen molar-refractivity contribution in [1.29, 1.82) is 0 Å². The number of benzene rings is 1. The summed E-state index contributed by atoms with van der Waals surface area (Å²) in [5.41, 5.74) is -0.978. The van der Waals surface area contributed by atoms with Crippen LogP contribution in [0.4, 0.5) is 9.59 Å². The third-order valence-electron chi connectivity index (χ3n) is 5.95. The van der Waals surface area contributed by atoms with Crippen molar-refractivity contribution in [3.05, 3.63) is 23.8 Å². The first-order chi connectivity index (χ1) is 18.1. The maximum Gasteiger partial charge on any atom is 0.514 e. The Balaban J connectivity index is 3.14. The van der Waals surface area contributed by atoms with Gasteiger partial charge in [0.25, 0.3) is 0 Å². The Bertz CT molecular complexity index is 987. The number of hydrogen-bond donors (Lipinski definition) is 1. The van der Waals surface area contributed by atoms with Crippen LogP contribution in [0.2, 0.25) is 0 Å². The van der Waals surface area contributed by atoms with Crippen molar-refractivity contribution in [3.8, 4) is 11.5 Å². The molecule has 11 nitrogen and oxygen atoms in total. The van der Waals surface area contributed by atoms with E-state index in [0.29, 0.717) is 18.4 Å². The van der Waals surface area contributed by atoms with E-state index in [-0.39, 0.29) is 43.0 Å². The Kier molecular flexibility index (Phi) is 13.2. The van der Waals surface area contributed by atoms with E-state index in [1.165, 1.54) is 19.2 Å². The average Bonchev–Trinajstić information content (AvgIpc) is 2.85. The van der Waals surface area contributed by atoms with Crippen LogP contribution in [0.1, 0.15) is 73.8 Å². The zero-order valence-corrected chi connectivity index (χ0v) is 24.5. The lowest BCUT2D eigenvalue weighted by Crippen LogP contribution is -2.41. The van der Waals surface area contributed by atoms with Gasteiger partial charge in [0.15, 0.2) is 11.5 Å². The van der Waals surface area contributed by atoms with Crippen LogP contribution in [0.3, 0.4) is 0 Å². The quantitative estimate of drug-likeness (QED) is 0.145. The molecule has 1 atom stereocenters. The molecule has 39 heavy (non-hydrogen) atoms. The molecule has 0 heterocycles. The van der Waals surface area contributed by atoms with Gasteiger partial charge in [-0.15, -0.1) is 0 Å². The Morgan fingerprint density at radius 1 is 0.846 bits per heavy atom. The number of hydrogen-bond acceptors (Lipinski definition) is 11. The molecule has 0 saturated carbocycles. The summed E-state index contributed by atoms with van der Waals surface area (Å²) in [7, 11) is 1.26. The first-order valence-corrected chi connectivity index (χ1v) is 13.1. The fourth-order valence-corrected chi connectivity index (χ4v) is 2.83. The fourth-order valence-electron chi connectivity index (χ4n) is 2.83. The molecule has 1 aromatic rings. The highest BCUT2D eigenvalue weighted by Gasteiger charge is 2.27. The fraction of sp³-hybridized carbons (Fsp3) is 0.643.